The number of aromatic nitrogens is 2. The zero-order valence-corrected chi connectivity index (χ0v) is 15.6. The summed E-state index contributed by atoms with van der Waals surface area (Å²) >= 11 is 0. The molecule has 0 radical (unpaired) electrons. The molecule has 0 aliphatic heterocycles. The molecule has 3 aromatic rings. The van der Waals surface area contributed by atoms with E-state index in [1.165, 1.54) is 0 Å². The molecule has 1 amide bonds. The standard InChI is InChI=1S/C21H22N4O2/c1-4-27-22-13-16-9-11-17(12-10-16)18-7-5-6-8-20(18)23-21(26)19-14-25(3)24-15(19)2/h5-14H,4H2,1-3H3,(H,23,26). The third-order valence-corrected chi connectivity index (χ3v) is 4.06. The van der Waals surface area contributed by atoms with E-state index in [-0.39, 0.29) is 5.91 Å². The van der Waals surface area contributed by atoms with Crippen molar-refractivity contribution in [2.75, 3.05) is 11.9 Å². The summed E-state index contributed by atoms with van der Waals surface area (Å²) in [6, 6.07) is 15.6. The Bertz CT molecular complexity index is 959. The van der Waals surface area contributed by atoms with Gasteiger partial charge in [-0.3, -0.25) is 9.48 Å². The largest absolute Gasteiger partial charge is 0.396 e. The summed E-state index contributed by atoms with van der Waals surface area (Å²) in [6.07, 6.45) is 3.39. The highest BCUT2D eigenvalue weighted by Crippen LogP contribution is 2.28. The molecule has 1 N–H and O–H groups in total. The van der Waals surface area contributed by atoms with E-state index in [1.807, 2.05) is 62.4 Å². The summed E-state index contributed by atoms with van der Waals surface area (Å²) in [7, 11) is 1.80. The van der Waals surface area contributed by atoms with Gasteiger partial charge < -0.3 is 10.2 Å². The highest BCUT2D eigenvalue weighted by Gasteiger charge is 2.14. The first kappa shape index (κ1) is 18.4. The van der Waals surface area contributed by atoms with Crippen molar-refractivity contribution in [1.82, 2.24) is 9.78 Å². The van der Waals surface area contributed by atoms with Gasteiger partial charge in [-0.15, -0.1) is 0 Å². The fraction of sp³-hybridized carbons (Fsp3) is 0.190. The van der Waals surface area contributed by atoms with Gasteiger partial charge in [0, 0.05) is 24.5 Å². The Morgan fingerprint density at radius 3 is 2.63 bits per heavy atom. The van der Waals surface area contributed by atoms with Crippen LogP contribution in [0.25, 0.3) is 11.1 Å². The predicted octanol–water partition coefficient (Wildman–Crippen LogP) is 4.02. The Labute approximate surface area is 158 Å². The first-order chi connectivity index (χ1) is 13.1. The lowest BCUT2D eigenvalue weighted by Gasteiger charge is -2.11. The highest BCUT2D eigenvalue weighted by molar-refractivity contribution is 6.06. The summed E-state index contributed by atoms with van der Waals surface area (Å²) < 4.78 is 1.64. The number of carbonyl (C=O) groups is 1. The molecular weight excluding hydrogens is 340 g/mol. The van der Waals surface area contributed by atoms with Gasteiger partial charge in [-0.1, -0.05) is 47.6 Å². The summed E-state index contributed by atoms with van der Waals surface area (Å²) in [4.78, 5) is 17.6. The van der Waals surface area contributed by atoms with Gasteiger partial charge in [-0.2, -0.15) is 5.10 Å². The Balaban J connectivity index is 1.83. The zero-order chi connectivity index (χ0) is 19.2. The molecule has 6 nitrogen and oxygen atoms in total. The molecule has 0 unspecified atom stereocenters. The number of para-hydroxylation sites is 1. The van der Waals surface area contributed by atoms with Gasteiger partial charge in [0.05, 0.1) is 17.5 Å². The molecule has 0 saturated heterocycles. The van der Waals surface area contributed by atoms with Crippen LogP contribution in [0.15, 0.2) is 59.9 Å². The van der Waals surface area contributed by atoms with Gasteiger partial charge in [0.15, 0.2) is 0 Å². The number of oxime groups is 1. The maximum atomic E-state index is 12.6. The monoisotopic (exact) mass is 362 g/mol. The lowest BCUT2D eigenvalue weighted by atomic mass is 10.0. The number of hydrogen-bond acceptors (Lipinski definition) is 4. The van der Waals surface area contributed by atoms with Gasteiger partial charge in [-0.25, -0.2) is 0 Å². The van der Waals surface area contributed by atoms with Crippen LogP contribution in [0, 0.1) is 6.92 Å². The Hall–Kier alpha value is -3.41. The minimum Gasteiger partial charge on any atom is -0.396 e. The number of benzene rings is 2. The fourth-order valence-electron chi connectivity index (χ4n) is 2.78. The number of anilines is 1. The van der Waals surface area contributed by atoms with E-state index in [0.717, 1.165) is 22.4 Å². The first-order valence-corrected chi connectivity index (χ1v) is 8.75. The van der Waals surface area contributed by atoms with E-state index in [2.05, 4.69) is 15.6 Å². The van der Waals surface area contributed by atoms with Crippen LogP contribution < -0.4 is 5.32 Å². The van der Waals surface area contributed by atoms with Crippen molar-refractivity contribution in [2.45, 2.75) is 13.8 Å². The van der Waals surface area contributed by atoms with E-state index in [1.54, 1.807) is 24.1 Å². The van der Waals surface area contributed by atoms with Crippen LogP contribution in [0.4, 0.5) is 5.69 Å². The molecule has 0 saturated carbocycles. The van der Waals surface area contributed by atoms with Crippen LogP contribution in [0.1, 0.15) is 28.5 Å². The van der Waals surface area contributed by atoms with E-state index < -0.39 is 0 Å². The first-order valence-electron chi connectivity index (χ1n) is 8.75. The molecule has 0 atom stereocenters. The number of hydrogen-bond donors (Lipinski definition) is 1. The summed E-state index contributed by atoms with van der Waals surface area (Å²) in [5.74, 6) is -0.173. The second-order valence-electron chi connectivity index (χ2n) is 6.08. The van der Waals surface area contributed by atoms with Gasteiger partial charge in [0.2, 0.25) is 0 Å². The molecule has 0 aliphatic rings. The van der Waals surface area contributed by atoms with Crippen molar-refractivity contribution in [3.63, 3.8) is 0 Å². The van der Waals surface area contributed by atoms with Gasteiger partial charge >= 0.3 is 0 Å². The number of aryl methyl sites for hydroxylation is 2. The topological polar surface area (TPSA) is 68.5 Å². The normalized spacial score (nSPS) is 10.9. The maximum absolute atomic E-state index is 12.6. The van der Waals surface area contributed by atoms with Crippen LogP contribution >= 0.6 is 0 Å². The fourth-order valence-corrected chi connectivity index (χ4v) is 2.78. The quantitative estimate of drug-likeness (QED) is 0.532. The smallest absolute Gasteiger partial charge is 0.259 e. The van der Waals surface area contributed by atoms with Crippen LogP contribution in [0.2, 0.25) is 0 Å². The second-order valence-corrected chi connectivity index (χ2v) is 6.08. The van der Waals surface area contributed by atoms with Crippen molar-refractivity contribution < 1.29 is 9.63 Å². The summed E-state index contributed by atoms with van der Waals surface area (Å²) in [6.45, 7) is 4.25. The number of nitrogens with one attached hydrogen (secondary N) is 1. The Morgan fingerprint density at radius 1 is 1.22 bits per heavy atom. The molecule has 3 rings (SSSR count). The van der Waals surface area contributed by atoms with Gasteiger partial charge in [0.1, 0.15) is 6.61 Å². The van der Waals surface area contributed by atoms with E-state index >= 15 is 0 Å². The molecule has 6 heteroatoms. The molecule has 27 heavy (non-hydrogen) atoms. The zero-order valence-electron chi connectivity index (χ0n) is 15.6. The third kappa shape index (κ3) is 4.41. The third-order valence-electron chi connectivity index (χ3n) is 4.06. The lowest BCUT2D eigenvalue weighted by Crippen LogP contribution is -2.13. The minimum absolute atomic E-state index is 0.173. The van der Waals surface area contributed by atoms with Crippen LogP contribution in [-0.2, 0) is 11.9 Å². The molecule has 1 heterocycles. The molecule has 0 fully saturated rings. The van der Waals surface area contributed by atoms with Crippen LogP contribution in [0.5, 0.6) is 0 Å². The lowest BCUT2D eigenvalue weighted by molar-refractivity contribution is 0.102. The molecule has 2 aromatic carbocycles. The van der Waals surface area contributed by atoms with Crippen molar-refractivity contribution in [1.29, 1.82) is 0 Å². The number of amides is 1. The average Bonchev–Trinajstić information content (AvgIpc) is 3.01. The number of nitrogens with zero attached hydrogens (tertiary/aromatic N) is 3. The predicted molar refractivity (Wildman–Crippen MR) is 107 cm³/mol. The minimum atomic E-state index is -0.173. The molecule has 0 aliphatic carbocycles. The van der Waals surface area contributed by atoms with Crippen LogP contribution in [0.3, 0.4) is 0 Å². The van der Waals surface area contributed by atoms with Crippen molar-refractivity contribution in [3.8, 4) is 11.1 Å². The molecule has 1 aromatic heterocycles. The summed E-state index contributed by atoms with van der Waals surface area (Å²) in [5.41, 5.74) is 4.91. The average molecular weight is 362 g/mol. The van der Waals surface area contributed by atoms with Crippen molar-refractivity contribution in [2.24, 2.45) is 12.2 Å². The molecule has 0 spiro atoms. The SMILES string of the molecule is CCON=Cc1ccc(-c2ccccc2NC(=O)c2cn(C)nc2C)cc1. The van der Waals surface area contributed by atoms with Crippen LogP contribution in [-0.4, -0.2) is 28.5 Å². The van der Waals surface area contributed by atoms with Crippen molar-refractivity contribution >= 4 is 17.8 Å². The molecule has 138 valence electrons. The van der Waals surface area contributed by atoms with Gasteiger partial charge in [0.25, 0.3) is 5.91 Å². The van der Waals surface area contributed by atoms with Crippen molar-refractivity contribution in [3.05, 3.63) is 71.5 Å². The second kappa shape index (κ2) is 8.31. The van der Waals surface area contributed by atoms with Gasteiger partial charge in [-0.05, 0) is 31.0 Å². The number of carbonyl (C=O) groups excluding carboxylic acids is 1. The van der Waals surface area contributed by atoms with E-state index in [4.69, 9.17) is 4.84 Å². The highest BCUT2D eigenvalue weighted by atomic mass is 16.6. The summed E-state index contributed by atoms with van der Waals surface area (Å²) in [5, 5.41) is 11.1. The van der Waals surface area contributed by atoms with E-state index in [9.17, 15) is 4.79 Å². The Morgan fingerprint density at radius 2 is 1.96 bits per heavy atom. The maximum Gasteiger partial charge on any atom is 0.259 e. The number of rotatable bonds is 6. The molecular formula is C21H22N4O2. The Kier molecular flexibility index (Phi) is 5.66. The van der Waals surface area contributed by atoms with E-state index in [0.29, 0.717) is 17.9 Å². The molecule has 0 bridgehead atoms.